The quantitative estimate of drug-likeness (QED) is 0.502. The summed E-state index contributed by atoms with van der Waals surface area (Å²) >= 11 is 20.1. The van der Waals surface area contributed by atoms with Crippen LogP contribution in [0.3, 0.4) is 0 Å². The van der Waals surface area contributed by atoms with E-state index in [-0.39, 0.29) is 34.2 Å². The predicted molar refractivity (Wildman–Crippen MR) is 156 cm³/mol. The van der Waals surface area contributed by atoms with E-state index in [0.29, 0.717) is 23.2 Å². The lowest BCUT2D eigenvalue weighted by molar-refractivity contribution is -0.124. The molecule has 0 N–H and O–H groups in total. The lowest BCUT2D eigenvalue weighted by Gasteiger charge is -2.14. The molecule has 3 aliphatic heterocycles. The summed E-state index contributed by atoms with van der Waals surface area (Å²) < 4.78 is 0. The molecule has 0 aromatic rings. The van der Waals surface area contributed by atoms with Crippen molar-refractivity contribution in [2.45, 2.75) is 43.1 Å². The SMILES string of the molecule is C.C.C.CCN1CC(=O)N(C)C1=S.CCN1CC(=S)N(C)C1=O.CCN1CC(=S)N(C)C1=S. The number of nitrogens with zero attached hydrogens (tertiary/aromatic N) is 6. The first kappa shape index (κ1) is 36.1. The van der Waals surface area contributed by atoms with Crippen molar-refractivity contribution in [1.82, 2.24) is 29.4 Å². The van der Waals surface area contributed by atoms with Crippen LogP contribution in [0.5, 0.6) is 0 Å². The molecule has 12 heteroatoms. The zero-order valence-electron chi connectivity index (χ0n) is 18.4. The van der Waals surface area contributed by atoms with E-state index in [1.165, 1.54) is 9.80 Å². The fraction of sp³-hybridized carbons (Fsp3) is 0.714. The van der Waals surface area contributed by atoms with Crippen molar-refractivity contribution in [2.75, 3.05) is 60.4 Å². The third-order valence-corrected chi connectivity index (χ3v) is 6.79. The van der Waals surface area contributed by atoms with Crippen molar-refractivity contribution in [3.05, 3.63) is 0 Å². The number of amides is 3. The van der Waals surface area contributed by atoms with Gasteiger partial charge in [-0.2, -0.15) is 0 Å². The Kier molecular flexibility index (Phi) is 17.7. The second-order valence-corrected chi connectivity index (χ2v) is 8.42. The van der Waals surface area contributed by atoms with Crippen molar-refractivity contribution >= 4 is 81.0 Å². The first-order valence-corrected chi connectivity index (χ1v) is 11.3. The molecule has 0 aromatic carbocycles. The summed E-state index contributed by atoms with van der Waals surface area (Å²) in [4.78, 5) is 34.3. The Bertz CT molecular complexity index is 638. The summed E-state index contributed by atoms with van der Waals surface area (Å²) in [6.45, 7) is 10.4. The van der Waals surface area contributed by atoms with Crippen LogP contribution in [0.4, 0.5) is 4.79 Å². The Labute approximate surface area is 222 Å². The van der Waals surface area contributed by atoms with Crippen LogP contribution < -0.4 is 0 Å². The Morgan fingerprint density at radius 1 is 0.606 bits per heavy atom. The van der Waals surface area contributed by atoms with Gasteiger partial charge in [-0.1, -0.05) is 46.7 Å². The Hall–Kier alpha value is -1.50. The van der Waals surface area contributed by atoms with Gasteiger partial charge in [0.15, 0.2) is 10.2 Å². The van der Waals surface area contributed by atoms with Crippen molar-refractivity contribution in [2.24, 2.45) is 0 Å². The minimum absolute atomic E-state index is 0. The lowest BCUT2D eigenvalue weighted by Crippen LogP contribution is -2.29. The fourth-order valence-corrected chi connectivity index (χ4v) is 3.84. The van der Waals surface area contributed by atoms with Crippen molar-refractivity contribution in [1.29, 1.82) is 0 Å². The Morgan fingerprint density at radius 2 is 0.970 bits per heavy atom. The minimum Gasteiger partial charge on any atom is -0.342 e. The number of likely N-dealkylation sites (N-methyl/N-ethyl adjacent to an activating group) is 6. The maximum atomic E-state index is 11.1. The fourth-order valence-electron chi connectivity index (χ4n) is 2.71. The molecule has 0 spiro atoms. The molecular formula is C21H42N6O2S4. The van der Waals surface area contributed by atoms with Crippen LogP contribution in [0.1, 0.15) is 43.1 Å². The van der Waals surface area contributed by atoms with Gasteiger partial charge in [-0.15, -0.1) is 0 Å². The lowest BCUT2D eigenvalue weighted by atomic mass is 10.5. The summed E-state index contributed by atoms with van der Waals surface area (Å²) in [5.74, 6) is 0.0897. The van der Waals surface area contributed by atoms with Crippen LogP contribution in [0.2, 0.25) is 0 Å². The average molecular weight is 539 g/mol. The van der Waals surface area contributed by atoms with E-state index in [1.54, 1.807) is 19.0 Å². The third-order valence-electron chi connectivity index (χ3n) is 4.92. The van der Waals surface area contributed by atoms with Crippen LogP contribution in [0, 0.1) is 0 Å². The summed E-state index contributed by atoms with van der Waals surface area (Å²) in [6, 6.07) is 0.0208. The molecule has 33 heavy (non-hydrogen) atoms. The van der Waals surface area contributed by atoms with E-state index in [2.05, 4.69) is 11.8 Å². The minimum atomic E-state index is 0. The van der Waals surface area contributed by atoms with Gasteiger partial charge in [0.25, 0.3) is 0 Å². The molecule has 0 aliphatic carbocycles. The molecule has 0 bridgehead atoms. The molecule has 0 saturated carbocycles. The number of hydrogen-bond donors (Lipinski definition) is 0. The van der Waals surface area contributed by atoms with E-state index >= 15 is 0 Å². The van der Waals surface area contributed by atoms with Gasteiger partial charge in [-0.3, -0.25) is 14.6 Å². The highest BCUT2D eigenvalue weighted by Crippen LogP contribution is 2.09. The third kappa shape index (κ3) is 8.99. The number of rotatable bonds is 3. The predicted octanol–water partition coefficient (Wildman–Crippen LogP) is 3.54. The molecule has 0 radical (unpaired) electrons. The number of carbonyl (C=O) groups excluding carboxylic acids is 2. The normalized spacial score (nSPS) is 17.3. The molecule has 0 unspecified atom stereocenters. The summed E-state index contributed by atoms with van der Waals surface area (Å²) in [5, 5.41) is 1.50. The number of carbonyl (C=O) groups is 2. The summed E-state index contributed by atoms with van der Waals surface area (Å²) in [7, 11) is 5.33. The topological polar surface area (TPSA) is 53.6 Å². The molecule has 3 amide bonds. The van der Waals surface area contributed by atoms with Crippen LogP contribution >= 0.6 is 48.9 Å². The second-order valence-electron chi connectivity index (χ2n) is 6.75. The van der Waals surface area contributed by atoms with Gasteiger partial charge in [0, 0.05) is 40.8 Å². The average Bonchev–Trinajstić information content (AvgIpc) is 3.25. The zero-order valence-corrected chi connectivity index (χ0v) is 21.6. The Morgan fingerprint density at radius 3 is 1.15 bits per heavy atom. The highest BCUT2D eigenvalue weighted by molar-refractivity contribution is 7.82. The van der Waals surface area contributed by atoms with Gasteiger partial charge in [0.2, 0.25) is 5.91 Å². The molecular weight excluding hydrogens is 497 g/mol. The van der Waals surface area contributed by atoms with Gasteiger partial charge in [0.1, 0.15) is 9.98 Å². The van der Waals surface area contributed by atoms with E-state index in [4.69, 9.17) is 48.9 Å². The standard InChI is InChI=1S/2C6H10N2OS.C6H10N2S2.3CH4/c1-3-8-4-5(10)7(2)6(8)9;2*1-3-8-4-5(9)7(2)6(8)10;;;/h3*3-4H2,1-2H3;3*1H4. The first-order chi connectivity index (χ1) is 14.0. The van der Waals surface area contributed by atoms with Crippen LogP contribution in [0.15, 0.2) is 0 Å². The van der Waals surface area contributed by atoms with Crippen molar-refractivity contribution in [3.8, 4) is 0 Å². The van der Waals surface area contributed by atoms with Gasteiger partial charge in [-0.05, 0) is 45.2 Å². The van der Waals surface area contributed by atoms with Gasteiger partial charge in [0.05, 0.1) is 19.6 Å². The molecule has 3 heterocycles. The van der Waals surface area contributed by atoms with E-state index in [9.17, 15) is 9.59 Å². The molecule has 192 valence electrons. The molecule has 3 fully saturated rings. The first-order valence-electron chi connectivity index (χ1n) is 9.66. The number of hydrogen-bond acceptors (Lipinski definition) is 6. The molecule has 3 aliphatic rings. The molecule has 3 saturated heterocycles. The molecule has 0 atom stereocenters. The molecule has 8 nitrogen and oxygen atoms in total. The van der Waals surface area contributed by atoms with Gasteiger partial charge >= 0.3 is 6.03 Å². The number of urea groups is 1. The zero-order chi connectivity index (χ0) is 23.2. The molecule has 3 rings (SSSR count). The van der Waals surface area contributed by atoms with Gasteiger partial charge in [-0.25, -0.2) is 4.79 Å². The summed E-state index contributed by atoms with van der Waals surface area (Å²) in [6.07, 6.45) is 0. The largest absolute Gasteiger partial charge is 0.342 e. The number of thiocarbonyl (C=S) groups is 4. The smallest absolute Gasteiger partial charge is 0.325 e. The highest BCUT2D eigenvalue weighted by Gasteiger charge is 2.29. The van der Waals surface area contributed by atoms with E-state index < -0.39 is 0 Å². The van der Waals surface area contributed by atoms with Crippen LogP contribution in [0.25, 0.3) is 0 Å². The second kappa shape index (κ2) is 16.2. The van der Waals surface area contributed by atoms with E-state index in [1.807, 2.05) is 30.7 Å². The van der Waals surface area contributed by atoms with Gasteiger partial charge < -0.3 is 19.6 Å². The maximum Gasteiger partial charge on any atom is 0.325 e. The van der Waals surface area contributed by atoms with Crippen molar-refractivity contribution in [3.63, 3.8) is 0 Å². The highest BCUT2D eigenvalue weighted by atomic mass is 32.1. The maximum absolute atomic E-state index is 11.1. The molecule has 0 aromatic heterocycles. The Balaban J connectivity index is -0.000000391. The monoisotopic (exact) mass is 538 g/mol. The van der Waals surface area contributed by atoms with Crippen LogP contribution in [-0.4, -0.2) is 122 Å². The summed E-state index contributed by atoms with van der Waals surface area (Å²) in [5.41, 5.74) is 0. The van der Waals surface area contributed by atoms with Crippen LogP contribution in [-0.2, 0) is 4.79 Å². The van der Waals surface area contributed by atoms with E-state index in [0.717, 1.165) is 36.3 Å². The van der Waals surface area contributed by atoms with Crippen molar-refractivity contribution < 1.29 is 9.59 Å².